The Morgan fingerprint density at radius 1 is 1.15 bits per heavy atom. The summed E-state index contributed by atoms with van der Waals surface area (Å²) in [7, 11) is 0. The van der Waals surface area contributed by atoms with Gasteiger partial charge in [0.15, 0.2) is 0 Å². The van der Waals surface area contributed by atoms with Crippen LogP contribution in [0.2, 0.25) is 0 Å². The Labute approximate surface area is 93.5 Å². The standard InChI is InChI=1S/C10H14BrPS/c1-10(2,3)12(11,13)9-7-5-4-6-8-9/h4-8H,1-3H3. The lowest BCUT2D eigenvalue weighted by atomic mass is 10.3. The lowest BCUT2D eigenvalue weighted by Crippen LogP contribution is -2.18. The first-order valence-corrected chi connectivity index (χ1v) is 9.03. The van der Waals surface area contributed by atoms with Gasteiger partial charge in [-0.15, -0.1) is 0 Å². The Morgan fingerprint density at radius 3 is 2.00 bits per heavy atom. The van der Waals surface area contributed by atoms with Crippen molar-refractivity contribution < 1.29 is 0 Å². The number of hydrogen-bond donors (Lipinski definition) is 0. The molecular weight excluding hydrogens is 263 g/mol. The number of benzene rings is 1. The van der Waals surface area contributed by atoms with Gasteiger partial charge in [0.2, 0.25) is 0 Å². The molecule has 1 atom stereocenters. The summed E-state index contributed by atoms with van der Waals surface area (Å²) in [5, 5.41) is 1.40. The highest BCUT2D eigenvalue weighted by atomic mass is 79.9. The third-order valence-corrected chi connectivity index (χ3v) is 11.3. The van der Waals surface area contributed by atoms with Crippen LogP contribution in [-0.4, -0.2) is 5.16 Å². The van der Waals surface area contributed by atoms with Crippen molar-refractivity contribution >= 4 is 37.3 Å². The van der Waals surface area contributed by atoms with Gasteiger partial charge < -0.3 is 0 Å². The number of rotatable bonds is 1. The maximum atomic E-state index is 5.68. The summed E-state index contributed by atoms with van der Waals surface area (Å²) in [6, 6.07) is 10.3. The molecule has 0 spiro atoms. The van der Waals surface area contributed by atoms with Crippen LogP contribution >= 0.6 is 20.2 Å². The molecule has 72 valence electrons. The zero-order chi connectivity index (χ0) is 10.1. The van der Waals surface area contributed by atoms with Crippen LogP contribution in [0, 0.1) is 0 Å². The summed E-state index contributed by atoms with van der Waals surface area (Å²) in [6.45, 7) is 6.57. The summed E-state index contributed by atoms with van der Waals surface area (Å²) >= 11 is 9.41. The van der Waals surface area contributed by atoms with E-state index < -0.39 is 4.74 Å². The smallest absolute Gasteiger partial charge is 0.0491 e. The fourth-order valence-electron chi connectivity index (χ4n) is 1.01. The zero-order valence-electron chi connectivity index (χ0n) is 8.12. The van der Waals surface area contributed by atoms with E-state index in [9.17, 15) is 0 Å². The number of hydrogen-bond acceptors (Lipinski definition) is 1. The molecule has 0 N–H and O–H groups in total. The van der Waals surface area contributed by atoms with E-state index in [1.165, 1.54) is 5.30 Å². The van der Waals surface area contributed by atoms with E-state index in [-0.39, 0.29) is 5.16 Å². The van der Waals surface area contributed by atoms with E-state index >= 15 is 0 Å². The molecule has 0 amide bonds. The minimum atomic E-state index is -1.58. The highest BCUT2D eigenvalue weighted by Gasteiger charge is 2.30. The van der Waals surface area contributed by atoms with E-state index in [4.69, 9.17) is 11.8 Å². The zero-order valence-corrected chi connectivity index (χ0v) is 11.4. The van der Waals surface area contributed by atoms with Crippen molar-refractivity contribution in [3.8, 4) is 0 Å². The third kappa shape index (κ3) is 2.43. The molecule has 0 aliphatic carbocycles. The van der Waals surface area contributed by atoms with Crippen LogP contribution in [0.5, 0.6) is 0 Å². The first-order chi connectivity index (χ1) is 5.86. The Hall–Kier alpha value is 0.350. The molecule has 1 aromatic carbocycles. The lowest BCUT2D eigenvalue weighted by molar-refractivity contribution is 0.796. The van der Waals surface area contributed by atoms with Gasteiger partial charge in [-0.05, 0) is 20.8 Å². The Kier molecular flexibility index (Phi) is 3.38. The largest absolute Gasteiger partial charge is 0.0799 e. The van der Waals surface area contributed by atoms with E-state index in [1.807, 2.05) is 18.2 Å². The van der Waals surface area contributed by atoms with Crippen LogP contribution in [-0.2, 0) is 11.8 Å². The van der Waals surface area contributed by atoms with E-state index in [2.05, 4.69) is 48.4 Å². The molecule has 0 fully saturated rings. The van der Waals surface area contributed by atoms with Crippen molar-refractivity contribution in [2.24, 2.45) is 0 Å². The van der Waals surface area contributed by atoms with Crippen LogP contribution in [0.4, 0.5) is 0 Å². The maximum Gasteiger partial charge on any atom is 0.0491 e. The van der Waals surface area contributed by atoms with Crippen LogP contribution in [0.3, 0.4) is 0 Å². The van der Waals surface area contributed by atoms with Gasteiger partial charge in [-0.25, -0.2) is 0 Å². The second-order valence-corrected chi connectivity index (χ2v) is 13.2. The van der Waals surface area contributed by atoms with Crippen molar-refractivity contribution in [1.29, 1.82) is 0 Å². The van der Waals surface area contributed by atoms with Crippen molar-refractivity contribution in [1.82, 2.24) is 0 Å². The van der Waals surface area contributed by atoms with Gasteiger partial charge in [-0.2, -0.15) is 0 Å². The third-order valence-electron chi connectivity index (χ3n) is 1.95. The van der Waals surface area contributed by atoms with Crippen LogP contribution in [0.25, 0.3) is 0 Å². The molecule has 3 heteroatoms. The molecule has 0 aromatic heterocycles. The van der Waals surface area contributed by atoms with Crippen LogP contribution in [0.15, 0.2) is 30.3 Å². The van der Waals surface area contributed by atoms with E-state index in [1.54, 1.807) is 0 Å². The van der Waals surface area contributed by atoms with Crippen LogP contribution in [0.1, 0.15) is 20.8 Å². The van der Waals surface area contributed by atoms with E-state index in [0.717, 1.165) is 0 Å². The fraction of sp³-hybridized carbons (Fsp3) is 0.400. The van der Waals surface area contributed by atoms with E-state index in [0.29, 0.717) is 0 Å². The lowest BCUT2D eigenvalue weighted by Gasteiger charge is -2.30. The fourth-order valence-corrected chi connectivity index (χ4v) is 3.41. The van der Waals surface area contributed by atoms with Crippen molar-refractivity contribution in [3.63, 3.8) is 0 Å². The van der Waals surface area contributed by atoms with Crippen molar-refractivity contribution in [2.75, 3.05) is 0 Å². The summed E-state index contributed by atoms with van der Waals surface area (Å²) in [6.07, 6.45) is 0. The molecule has 0 heterocycles. The van der Waals surface area contributed by atoms with Gasteiger partial charge in [0.1, 0.15) is 0 Å². The van der Waals surface area contributed by atoms with Gasteiger partial charge >= 0.3 is 0 Å². The molecule has 0 saturated heterocycles. The Balaban J connectivity index is 3.17. The molecule has 1 rings (SSSR count). The Morgan fingerprint density at radius 2 is 1.62 bits per heavy atom. The van der Waals surface area contributed by atoms with Crippen molar-refractivity contribution in [3.05, 3.63) is 30.3 Å². The SMILES string of the molecule is CC(C)(C)P(=S)(Br)c1ccccc1. The highest BCUT2D eigenvalue weighted by molar-refractivity contribution is 9.45. The molecule has 13 heavy (non-hydrogen) atoms. The predicted molar refractivity (Wildman–Crippen MR) is 69.0 cm³/mol. The minimum Gasteiger partial charge on any atom is -0.0799 e. The summed E-state index contributed by atoms with van der Waals surface area (Å²) in [5.41, 5.74) is 0. The molecule has 1 aromatic rings. The average molecular weight is 277 g/mol. The number of halogens is 1. The molecule has 0 radical (unpaired) electrons. The molecular formula is C10H14BrPS. The second-order valence-electron chi connectivity index (χ2n) is 4.04. The Bertz CT molecular complexity index is 327. The predicted octanol–water partition coefficient (Wildman–Crippen LogP) is 3.90. The normalized spacial score (nSPS) is 16.6. The topological polar surface area (TPSA) is 0 Å². The second kappa shape index (κ2) is 3.84. The first-order valence-electron chi connectivity index (χ1n) is 4.21. The average Bonchev–Trinajstić information content (AvgIpc) is 2.04. The summed E-state index contributed by atoms with van der Waals surface area (Å²) in [4.78, 5) is 0. The first kappa shape index (κ1) is 11.4. The van der Waals surface area contributed by atoms with Crippen molar-refractivity contribution in [2.45, 2.75) is 25.9 Å². The molecule has 1 unspecified atom stereocenters. The monoisotopic (exact) mass is 276 g/mol. The molecule has 0 bridgehead atoms. The molecule has 0 nitrogen and oxygen atoms in total. The minimum absolute atomic E-state index is 0.143. The quantitative estimate of drug-likeness (QED) is 0.701. The van der Waals surface area contributed by atoms with Gasteiger partial charge in [0.05, 0.1) is 0 Å². The molecule has 0 saturated carbocycles. The molecule has 0 aliphatic heterocycles. The van der Waals surface area contributed by atoms with Gasteiger partial charge in [0.25, 0.3) is 0 Å². The van der Waals surface area contributed by atoms with Gasteiger partial charge in [0, 0.05) is 9.90 Å². The summed E-state index contributed by atoms with van der Waals surface area (Å²) < 4.78 is -1.58. The molecule has 0 aliphatic rings. The summed E-state index contributed by atoms with van der Waals surface area (Å²) in [5.74, 6) is 0. The van der Waals surface area contributed by atoms with Crippen LogP contribution < -0.4 is 5.30 Å². The van der Waals surface area contributed by atoms with Gasteiger partial charge in [-0.3, -0.25) is 0 Å². The maximum absolute atomic E-state index is 5.68. The highest BCUT2D eigenvalue weighted by Crippen LogP contribution is 2.63. The van der Waals surface area contributed by atoms with Gasteiger partial charge in [-0.1, -0.05) is 62.9 Å².